The third-order valence-corrected chi connectivity index (χ3v) is 6.64. The average molecular weight is 489 g/mol. The zero-order valence-corrected chi connectivity index (χ0v) is 20.0. The van der Waals surface area contributed by atoms with Crippen LogP contribution in [0.2, 0.25) is 0 Å². The molecule has 10 nitrogen and oxygen atoms in total. The molecule has 1 atom stereocenters. The highest BCUT2D eigenvalue weighted by Gasteiger charge is 2.36. The minimum absolute atomic E-state index is 0.163. The highest BCUT2D eigenvalue weighted by atomic mass is 16.5. The number of fused-ring (bicyclic) bond motifs is 1. The maximum Gasteiger partial charge on any atom is 0.295 e. The van der Waals surface area contributed by atoms with E-state index in [0.29, 0.717) is 46.6 Å². The van der Waals surface area contributed by atoms with Crippen LogP contribution in [-0.4, -0.2) is 66.5 Å². The second-order valence-electron chi connectivity index (χ2n) is 8.66. The van der Waals surface area contributed by atoms with Gasteiger partial charge in [0.2, 0.25) is 16.7 Å². The maximum absolute atomic E-state index is 13.3. The molecule has 3 heterocycles. The van der Waals surface area contributed by atoms with Crippen molar-refractivity contribution in [3.63, 3.8) is 0 Å². The molecule has 0 radical (unpaired) electrons. The van der Waals surface area contributed by atoms with Gasteiger partial charge in [0.25, 0.3) is 11.7 Å². The van der Waals surface area contributed by atoms with Crippen LogP contribution in [0.5, 0.6) is 11.6 Å². The molecule has 4 aromatic rings. The number of hydrogen-bond donors (Lipinski definition) is 1. The van der Waals surface area contributed by atoms with Gasteiger partial charge in [0.15, 0.2) is 0 Å². The first-order valence-corrected chi connectivity index (χ1v) is 11.4. The Balaban J connectivity index is 1.39. The number of aromatic amines is 1. The minimum Gasteiger partial charge on any atom is -0.494 e. The summed E-state index contributed by atoms with van der Waals surface area (Å²) in [6.07, 6.45) is 2.89. The Morgan fingerprint density at radius 3 is 2.47 bits per heavy atom. The van der Waals surface area contributed by atoms with Crippen LogP contribution in [0.25, 0.3) is 22.0 Å². The fourth-order valence-corrected chi connectivity index (χ4v) is 4.84. The number of nitrogens with zero attached hydrogens (tertiary/aromatic N) is 3. The number of nitrogens with one attached hydrogen (secondary N) is 1. The first-order chi connectivity index (χ1) is 17.4. The van der Waals surface area contributed by atoms with E-state index in [1.165, 1.54) is 31.5 Å². The first kappa shape index (κ1) is 23.3. The van der Waals surface area contributed by atoms with Crippen molar-refractivity contribution in [3.05, 3.63) is 68.7 Å². The Bertz CT molecular complexity index is 1550. The van der Waals surface area contributed by atoms with Gasteiger partial charge in [0.1, 0.15) is 17.0 Å². The number of piperazine rings is 1. The van der Waals surface area contributed by atoms with Crippen molar-refractivity contribution in [3.8, 4) is 22.8 Å². The van der Waals surface area contributed by atoms with E-state index >= 15 is 0 Å². The molecular formula is C26H24N4O6. The van der Waals surface area contributed by atoms with E-state index in [4.69, 9.17) is 9.47 Å². The predicted molar refractivity (Wildman–Crippen MR) is 134 cm³/mol. The summed E-state index contributed by atoms with van der Waals surface area (Å²) in [5.41, 5.74) is 1.06. The summed E-state index contributed by atoms with van der Waals surface area (Å²) >= 11 is 0. The number of methoxy groups -OCH3 is 2. The number of benzene rings is 1. The summed E-state index contributed by atoms with van der Waals surface area (Å²) in [7, 11) is 2.92. The van der Waals surface area contributed by atoms with Gasteiger partial charge < -0.3 is 24.3 Å². The fourth-order valence-electron chi connectivity index (χ4n) is 4.84. The molecule has 1 aliphatic rings. The van der Waals surface area contributed by atoms with Gasteiger partial charge in [-0.15, -0.1) is 0 Å². The van der Waals surface area contributed by atoms with Gasteiger partial charge in [-0.3, -0.25) is 19.2 Å². The van der Waals surface area contributed by atoms with E-state index in [9.17, 15) is 19.2 Å². The van der Waals surface area contributed by atoms with E-state index in [2.05, 4.69) is 9.97 Å². The van der Waals surface area contributed by atoms with Crippen molar-refractivity contribution < 1.29 is 19.1 Å². The van der Waals surface area contributed by atoms with E-state index in [-0.39, 0.29) is 24.0 Å². The predicted octanol–water partition coefficient (Wildman–Crippen LogP) is 1.76. The van der Waals surface area contributed by atoms with Crippen LogP contribution < -0.4 is 25.2 Å². The number of Topliss-reactive ketones (excluding diaryl/α,β-unsaturated/α-hetero) is 1. The average Bonchev–Trinajstić information content (AvgIpc) is 3.35. The molecule has 1 saturated heterocycles. The molecule has 0 saturated carbocycles. The molecule has 10 heteroatoms. The molecule has 2 aromatic heterocycles. The van der Waals surface area contributed by atoms with Crippen molar-refractivity contribution >= 4 is 28.3 Å². The molecule has 0 aliphatic carbocycles. The van der Waals surface area contributed by atoms with Gasteiger partial charge in [-0.25, -0.2) is 4.98 Å². The normalized spacial score (nSPS) is 15.9. The number of carbonyl (C=O) groups is 2. The van der Waals surface area contributed by atoms with Gasteiger partial charge in [-0.1, -0.05) is 30.3 Å². The lowest BCUT2D eigenvalue weighted by Gasteiger charge is -2.41. The molecule has 5 rings (SSSR count). The Kier molecular flexibility index (Phi) is 5.79. The molecule has 1 N–H and O–H groups in total. The lowest BCUT2D eigenvalue weighted by Crippen LogP contribution is -2.58. The lowest BCUT2D eigenvalue weighted by atomic mass is 9.96. The molecule has 36 heavy (non-hydrogen) atoms. The number of anilines is 1. The topological polar surface area (TPSA) is 122 Å². The van der Waals surface area contributed by atoms with E-state index in [1.807, 2.05) is 30.0 Å². The summed E-state index contributed by atoms with van der Waals surface area (Å²) in [4.78, 5) is 61.8. The molecule has 1 amide bonds. The van der Waals surface area contributed by atoms with Crippen molar-refractivity contribution in [1.82, 2.24) is 14.9 Å². The van der Waals surface area contributed by atoms with Crippen molar-refractivity contribution in [2.45, 2.75) is 13.0 Å². The van der Waals surface area contributed by atoms with Crippen molar-refractivity contribution in [2.75, 3.05) is 38.8 Å². The second-order valence-corrected chi connectivity index (χ2v) is 8.66. The summed E-state index contributed by atoms with van der Waals surface area (Å²) < 4.78 is 10.6. The molecule has 1 fully saturated rings. The van der Waals surface area contributed by atoms with E-state index < -0.39 is 22.5 Å². The van der Waals surface area contributed by atoms with Gasteiger partial charge in [-0.2, -0.15) is 0 Å². The number of carbonyl (C=O) groups excluding carboxylic acids is 2. The smallest absolute Gasteiger partial charge is 0.295 e. The summed E-state index contributed by atoms with van der Waals surface area (Å²) in [6, 6.07) is 8.68. The van der Waals surface area contributed by atoms with Gasteiger partial charge in [-0.05, 0) is 12.5 Å². The van der Waals surface area contributed by atoms with Crippen LogP contribution in [0, 0.1) is 0 Å². The third-order valence-electron chi connectivity index (χ3n) is 6.64. The van der Waals surface area contributed by atoms with Gasteiger partial charge >= 0.3 is 0 Å². The van der Waals surface area contributed by atoms with Crippen molar-refractivity contribution in [1.29, 1.82) is 0 Å². The molecular weight excluding hydrogens is 464 g/mol. The van der Waals surface area contributed by atoms with Gasteiger partial charge in [0.05, 0.1) is 36.9 Å². The number of ketones is 1. The Morgan fingerprint density at radius 1 is 1.06 bits per heavy atom. The van der Waals surface area contributed by atoms with Crippen LogP contribution in [0.1, 0.15) is 17.3 Å². The maximum atomic E-state index is 13.3. The van der Waals surface area contributed by atoms with Crippen LogP contribution in [0.4, 0.5) is 5.69 Å². The zero-order valence-electron chi connectivity index (χ0n) is 20.0. The van der Waals surface area contributed by atoms with E-state index in [1.54, 1.807) is 12.1 Å². The number of aromatic nitrogens is 2. The lowest BCUT2D eigenvalue weighted by molar-refractivity contribution is -0.128. The third kappa shape index (κ3) is 3.53. The minimum atomic E-state index is -0.688. The second kappa shape index (κ2) is 8.95. The van der Waals surface area contributed by atoms with Crippen LogP contribution in [0.3, 0.4) is 0 Å². The van der Waals surface area contributed by atoms with Crippen molar-refractivity contribution in [2.24, 2.45) is 0 Å². The highest BCUT2D eigenvalue weighted by molar-refractivity contribution is 6.45. The molecule has 0 spiro atoms. The van der Waals surface area contributed by atoms with Crippen LogP contribution in [0.15, 0.2) is 52.3 Å². The zero-order chi connectivity index (χ0) is 25.6. The molecule has 184 valence electrons. The monoisotopic (exact) mass is 488 g/mol. The molecule has 0 bridgehead atoms. The molecule has 0 unspecified atom stereocenters. The Hall–Kier alpha value is -4.47. The Morgan fingerprint density at radius 2 is 1.81 bits per heavy atom. The van der Waals surface area contributed by atoms with Gasteiger partial charge in [0, 0.05) is 31.9 Å². The number of amides is 1. The first-order valence-electron chi connectivity index (χ1n) is 11.4. The number of H-pyrrole nitrogens is 1. The quantitative estimate of drug-likeness (QED) is 0.322. The summed E-state index contributed by atoms with van der Waals surface area (Å²) in [6.45, 7) is 2.68. The van der Waals surface area contributed by atoms with Crippen LogP contribution in [-0.2, 0) is 4.79 Å². The SMILES string of the molecule is COc1ncc(OC)c2c(C(=O)C(=O)N3CCN(c4c(-c5ccccc5)c(=O)c4=O)C[C@H]3C)c[nH]c12. The summed E-state index contributed by atoms with van der Waals surface area (Å²) in [5.74, 6) is -0.725. The summed E-state index contributed by atoms with van der Waals surface area (Å²) in [5, 5.41) is 0.422. The Labute approximate surface area is 205 Å². The number of hydrogen-bond acceptors (Lipinski definition) is 8. The number of rotatable bonds is 6. The standard InChI is InChI=1S/C26H24N4O6/c1-14-13-29(21-18(23(32)24(21)33)15-7-5-4-6-8-15)9-10-30(14)26(34)22(31)16-11-27-20-19(16)17(35-2)12-28-25(20)36-3/h4-8,11-12,14,27H,9-10,13H2,1-3H3/t14-/m1/s1. The number of pyridine rings is 1. The van der Waals surface area contributed by atoms with E-state index in [0.717, 1.165) is 0 Å². The fraction of sp³-hybridized carbons (Fsp3) is 0.269. The highest BCUT2D eigenvalue weighted by Crippen LogP contribution is 2.34. The largest absolute Gasteiger partial charge is 0.494 e. The number of ether oxygens (including phenoxy) is 2. The molecule has 1 aliphatic heterocycles. The van der Waals surface area contributed by atoms with Crippen LogP contribution >= 0.6 is 0 Å². The molecule has 2 aromatic carbocycles.